The van der Waals surface area contributed by atoms with E-state index in [0.29, 0.717) is 10.6 Å². The Morgan fingerprint density at radius 1 is 1.12 bits per heavy atom. The molecule has 0 saturated heterocycles. The van der Waals surface area contributed by atoms with Crippen LogP contribution in [0.1, 0.15) is 10.4 Å². The van der Waals surface area contributed by atoms with Crippen molar-refractivity contribution < 1.29 is 9.59 Å². The second-order valence-electron chi connectivity index (χ2n) is 3.12. The Morgan fingerprint density at radius 2 is 1.69 bits per heavy atom. The van der Waals surface area contributed by atoms with E-state index in [0.717, 1.165) is 4.90 Å². The van der Waals surface area contributed by atoms with Crippen molar-refractivity contribution in [3.8, 4) is 0 Å². The Labute approximate surface area is 92.4 Å². The molecule has 1 aromatic rings. The Kier molecular flexibility index (Phi) is 3.71. The lowest BCUT2D eigenvalue weighted by atomic mass is 10.2. The van der Waals surface area contributed by atoms with Crippen LogP contribution < -0.4 is 0 Å². The van der Waals surface area contributed by atoms with Crippen molar-refractivity contribution in [1.82, 2.24) is 9.91 Å². The molecule has 1 rings (SSSR count). The van der Waals surface area contributed by atoms with E-state index < -0.39 is 11.9 Å². The molecule has 16 heavy (non-hydrogen) atoms. The third kappa shape index (κ3) is 2.41. The molecule has 0 bridgehead atoms. The van der Waals surface area contributed by atoms with E-state index in [9.17, 15) is 14.5 Å². The van der Waals surface area contributed by atoms with Crippen molar-refractivity contribution in [1.29, 1.82) is 0 Å². The second-order valence-corrected chi connectivity index (χ2v) is 3.12. The first kappa shape index (κ1) is 11.8. The number of carbonyl (C=O) groups is 2. The number of hydrogen-bond acceptors (Lipinski definition) is 4. The Balaban J connectivity index is 2.83. The maximum Gasteiger partial charge on any atom is 0.349 e. The number of imide groups is 1. The second kappa shape index (κ2) is 5.01. The van der Waals surface area contributed by atoms with E-state index in [1.54, 1.807) is 30.3 Å². The van der Waals surface area contributed by atoms with E-state index in [2.05, 4.69) is 5.29 Å². The standard InChI is InChI=1S/C10H11N3O3/c1-12(10(15)13(2)11-16)9(14)8-6-4-3-5-7-8/h3-7H,1-2H3. The SMILES string of the molecule is CN(N=O)C(=O)N(C)C(=O)c1ccccc1. The summed E-state index contributed by atoms with van der Waals surface area (Å²) in [7, 11) is 2.48. The molecule has 0 aromatic heterocycles. The normalized spacial score (nSPS) is 9.38. The van der Waals surface area contributed by atoms with Crippen LogP contribution in [0.4, 0.5) is 4.79 Å². The molecule has 3 amide bonds. The summed E-state index contributed by atoms with van der Waals surface area (Å²) in [5.41, 5.74) is 0.373. The fourth-order valence-electron chi connectivity index (χ4n) is 1.11. The van der Waals surface area contributed by atoms with E-state index in [-0.39, 0.29) is 0 Å². The molecule has 0 unspecified atom stereocenters. The molecule has 0 aliphatic heterocycles. The number of nitrogens with zero attached hydrogens (tertiary/aromatic N) is 3. The third-order valence-corrected chi connectivity index (χ3v) is 2.01. The van der Waals surface area contributed by atoms with Gasteiger partial charge in [-0.15, -0.1) is 4.91 Å². The fraction of sp³-hybridized carbons (Fsp3) is 0.200. The van der Waals surface area contributed by atoms with E-state index in [1.165, 1.54) is 14.1 Å². The lowest BCUT2D eigenvalue weighted by Gasteiger charge is -2.17. The molecular formula is C10H11N3O3. The molecule has 0 atom stereocenters. The summed E-state index contributed by atoms with van der Waals surface area (Å²) in [6, 6.07) is 7.53. The number of hydrogen-bond donors (Lipinski definition) is 0. The monoisotopic (exact) mass is 221 g/mol. The van der Waals surface area contributed by atoms with Gasteiger partial charge in [-0.3, -0.25) is 9.69 Å². The summed E-state index contributed by atoms with van der Waals surface area (Å²) in [5.74, 6) is -0.485. The van der Waals surface area contributed by atoms with Crippen molar-refractivity contribution in [3.63, 3.8) is 0 Å². The van der Waals surface area contributed by atoms with Crippen LogP contribution in [0, 0.1) is 4.91 Å². The first-order chi connectivity index (χ1) is 7.57. The summed E-state index contributed by atoms with van der Waals surface area (Å²) in [6.45, 7) is 0. The van der Waals surface area contributed by atoms with Crippen LogP contribution in [0.3, 0.4) is 0 Å². The van der Waals surface area contributed by atoms with Gasteiger partial charge in [-0.1, -0.05) is 18.2 Å². The topological polar surface area (TPSA) is 70.1 Å². The van der Waals surface area contributed by atoms with Gasteiger partial charge in [-0.25, -0.2) is 4.79 Å². The zero-order chi connectivity index (χ0) is 12.1. The molecule has 1 aromatic carbocycles. The number of amides is 3. The number of urea groups is 1. The molecule has 0 radical (unpaired) electrons. The minimum Gasteiger partial charge on any atom is -0.269 e. The van der Waals surface area contributed by atoms with Gasteiger partial charge in [0.25, 0.3) is 5.91 Å². The predicted octanol–water partition coefficient (Wildman–Crippen LogP) is 1.49. The highest BCUT2D eigenvalue weighted by Crippen LogP contribution is 2.05. The first-order valence-corrected chi connectivity index (χ1v) is 4.52. The summed E-state index contributed by atoms with van der Waals surface area (Å²) in [4.78, 5) is 34.1. The minimum absolute atomic E-state index is 0.373. The van der Waals surface area contributed by atoms with Crippen LogP contribution >= 0.6 is 0 Å². The molecule has 0 fully saturated rings. The summed E-state index contributed by atoms with van der Waals surface area (Å²) in [6.07, 6.45) is 0. The van der Waals surface area contributed by atoms with Gasteiger partial charge in [-0.05, 0) is 12.1 Å². The molecule has 0 spiro atoms. The van der Waals surface area contributed by atoms with Crippen LogP contribution in [-0.2, 0) is 0 Å². The van der Waals surface area contributed by atoms with Gasteiger partial charge in [0.15, 0.2) is 0 Å². The highest BCUT2D eigenvalue weighted by atomic mass is 16.3. The largest absolute Gasteiger partial charge is 0.349 e. The van der Waals surface area contributed by atoms with Gasteiger partial charge in [0.05, 0.1) is 5.29 Å². The van der Waals surface area contributed by atoms with Crippen LogP contribution in [0.2, 0.25) is 0 Å². The average Bonchev–Trinajstić information content (AvgIpc) is 2.36. The molecule has 6 heteroatoms. The van der Waals surface area contributed by atoms with Crippen molar-refractivity contribution in [2.45, 2.75) is 0 Å². The number of rotatable bonds is 2. The number of carbonyl (C=O) groups excluding carboxylic acids is 2. The maximum absolute atomic E-state index is 11.7. The Morgan fingerprint density at radius 3 is 2.19 bits per heavy atom. The maximum atomic E-state index is 11.7. The van der Waals surface area contributed by atoms with E-state index >= 15 is 0 Å². The molecule has 84 valence electrons. The van der Waals surface area contributed by atoms with Crippen molar-refractivity contribution in [2.24, 2.45) is 5.29 Å². The molecular weight excluding hydrogens is 210 g/mol. The zero-order valence-corrected chi connectivity index (χ0v) is 8.95. The van der Waals surface area contributed by atoms with Crippen molar-refractivity contribution in [3.05, 3.63) is 40.8 Å². The van der Waals surface area contributed by atoms with Crippen LogP contribution in [0.25, 0.3) is 0 Å². The van der Waals surface area contributed by atoms with Crippen LogP contribution in [0.15, 0.2) is 35.6 Å². The first-order valence-electron chi connectivity index (χ1n) is 4.52. The van der Waals surface area contributed by atoms with Gasteiger partial charge in [0.2, 0.25) is 0 Å². The fourth-order valence-corrected chi connectivity index (χ4v) is 1.11. The van der Waals surface area contributed by atoms with E-state index in [1.807, 2.05) is 0 Å². The van der Waals surface area contributed by atoms with Gasteiger partial charge in [0, 0.05) is 19.7 Å². The van der Waals surface area contributed by atoms with Gasteiger partial charge in [0.1, 0.15) is 0 Å². The lowest BCUT2D eigenvalue weighted by molar-refractivity contribution is 0.0804. The molecule has 6 nitrogen and oxygen atoms in total. The van der Waals surface area contributed by atoms with Gasteiger partial charge in [-0.2, -0.15) is 5.01 Å². The van der Waals surface area contributed by atoms with Crippen molar-refractivity contribution >= 4 is 11.9 Å². The average molecular weight is 221 g/mol. The molecule has 0 N–H and O–H groups in total. The summed E-state index contributed by atoms with van der Waals surface area (Å²) < 4.78 is 0. The molecule has 0 aliphatic rings. The van der Waals surface area contributed by atoms with Crippen LogP contribution in [-0.4, -0.2) is 35.9 Å². The highest BCUT2D eigenvalue weighted by molar-refractivity contribution is 6.03. The summed E-state index contributed by atoms with van der Waals surface area (Å²) in [5, 5.41) is 2.98. The molecule has 0 saturated carbocycles. The molecule has 0 heterocycles. The third-order valence-electron chi connectivity index (χ3n) is 2.01. The van der Waals surface area contributed by atoms with Gasteiger partial charge < -0.3 is 0 Å². The Bertz CT molecular complexity index is 405. The number of nitroso groups, excluding NO2 is 1. The summed E-state index contributed by atoms with van der Waals surface area (Å²) >= 11 is 0. The van der Waals surface area contributed by atoms with E-state index in [4.69, 9.17) is 0 Å². The highest BCUT2D eigenvalue weighted by Gasteiger charge is 2.21. The van der Waals surface area contributed by atoms with Crippen LogP contribution in [0.5, 0.6) is 0 Å². The Hall–Kier alpha value is -2.24. The van der Waals surface area contributed by atoms with Crippen molar-refractivity contribution in [2.75, 3.05) is 14.1 Å². The number of benzene rings is 1. The quantitative estimate of drug-likeness (QED) is 0.561. The minimum atomic E-state index is -0.774. The molecule has 0 aliphatic carbocycles. The smallest absolute Gasteiger partial charge is 0.269 e. The van der Waals surface area contributed by atoms with Gasteiger partial charge >= 0.3 is 6.03 Å². The predicted molar refractivity (Wildman–Crippen MR) is 57.5 cm³/mol. The zero-order valence-electron chi connectivity index (χ0n) is 8.95. The lowest BCUT2D eigenvalue weighted by Crippen LogP contribution is -2.39.